The van der Waals surface area contributed by atoms with Crippen LogP contribution < -0.4 is 15.4 Å². The Balaban J connectivity index is 2.22. The van der Waals surface area contributed by atoms with Gasteiger partial charge >= 0.3 is 12.8 Å². The van der Waals surface area contributed by atoms with E-state index in [9.17, 15) is 22.0 Å². The highest BCUT2D eigenvalue weighted by Crippen LogP contribution is 2.30. The Bertz CT molecular complexity index is 695. The third kappa shape index (κ3) is 5.71. The maximum atomic E-state index is 12.9. The Morgan fingerprint density at radius 2 is 1.80 bits per heavy atom. The second kappa shape index (κ2) is 7.92. The number of hydrogen-bond donors (Lipinski definition) is 3. The summed E-state index contributed by atoms with van der Waals surface area (Å²) >= 11 is 0. The molecule has 2 rings (SSSR count). The number of aliphatic hydroxyl groups is 1. The number of nitrogens with zero attached hydrogens (tertiary/aromatic N) is 2. The fourth-order valence-electron chi connectivity index (χ4n) is 1.77. The quantitative estimate of drug-likeness (QED) is 0.655. The van der Waals surface area contributed by atoms with Crippen LogP contribution >= 0.6 is 0 Å². The van der Waals surface area contributed by atoms with Crippen molar-refractivity contribution in [3.63, 3.8) is 0 Å². The lowest BCUT2D eigenvalue weighted by Crippen LogP contribution is -2.15. The summed E-state index contributed by atoms with van der Waals surface area (Å²) in [6.07, 6.45) is -4.69. The van der Waals surface area contributed by atoms with Crippen molar-refractivity contribution in [2.24, 2.45) is 0 Å². The second-order valence-corrected chi connectivity index (χ2v) is 4.64. The Labute approximate surface area is 138 Å². The normalized spacial score (nSPS) is 11.5. The lowest BCUT2D eigenvalue weighted by atomic mass is 10.3. The molecule has 0 unspecified atom stereocenters. The van der Waals surface area contributed by atoms with Gasteiger partial charge in [-0.15, -0.1) is 0 Å². The molecule has 0 aliphatic heterocycles. The van der Waals surface area contributed by atoms with E-state index in [4.69, 9.17) is 5.11 Å². The highest BCUT2D eigenvalue weighted by atomic mass is 19.4. The molecule has 0 fully saturated rings. The van der Waals surface area contributed by atoms with E-state index in [1.54, 1.807) is 0 Å². The highest BCUT2D eigenvalue weighted by Gasteiger charge is 2.33. The van der Waals surface area contributed by atoms with Gasteiger partial charge in [-0.25, -0.2) is 4.98 Å². The maximum absolute atomic E-state index is 12.9. The minimum absolute atomic E-state index is 0.0274. The first-order valence-electron chi connectivity index (χ1n) is 6.91. The van der Waals surface area contributed by atoms with Crippen molar-refractivity contribution in [3.8, 4) is 5.75 Å². The zero-order valence-electron chi connectivity index (χ0n) is 12.5. The molecule has 6 nitrogen and oxygen atoms in total. The minimum atomic E-state index is -4.69. The van der Waals surface area contributed by atoms with E-state index in [2.05, 4.69) is 25.3 Å². The Kier molecular flexibility index (Phi) is 5.91. The van der Waals surface area contributed by atoms with E-state index in [1.807, 2.05) is 0 Å². The molecule has 1 aromatic heterocycles. The van der Waals surface area contributed by atoms with E-state index < -0.39 is 18.5 Å². The smallest absolute Gasteiger partial charge is 0.433 e. The average molecular weight is 364 g/mol. The van der Waals surface area contributed by atoms with Crippen molar-refractivity contribution in [2.45, 2.75) is 12.8 Å². The highest BCUT2D eigenvalue weighted by molar-refractivity contribution is 5.58. The van der Waals surface area contributed by atoms with Gasteiger partial charge in [0.05, 0.1) is 6.61 Å². The van der Waals surface area contributed by atoms with Crippen LogP contribution in [0, 0.1) is 0 Å². The molecule has 0 aliphatic carbocycles. The lowest BCUT2D eigenvalue weighted by Gasteiger charge is -2.13. The van der Waals surface area contributed by atoms with Crippen LogP contribution in [-0.2, 0) is 6.18 Å². The van der Waals surface area contributed by atoms with Gasteiger partial charge < -0.3 is 20.5 Å². The summed E-state index contributed by atoms with van der Waals surface area (Å²) in [7, 11) is 0. The summed E-state index contributed by atoms with van der Waals surface area (Å²) in [4.78, 5) is 7.18. The van der Waals surface area contributed by atoms with Crippen molar-refractivity contribution in [3.05, 3.63) is 36.0 Å². The average Bonchev–Trinajstić information content (AvgIpc) is 2.53. The van der Waals surface area contributed by atoms with E-state index >= 15 is 0 Å². The van der Waals surface area contributed by atoms with E-state index in [0.717, 1.165) is 0 Å². The van der Waals surface area contributed by atoms with Gasteiger partial charge in [-0.2, -0.15) is 26.9 Å². The number of aromatic nitrogens is 2. The van der Waals surface area contributed by atoms with Gasteiger partial charge in [-0.3, -0.25) is 0 Å². The number of hydrogen-bond acceptors (Lipinski definition) is 6. The zero-order valence-corrected chi connectivity index (χ0v) is 12.5. The van der Waals surface area contributed by atoms with Gasteiger partial charge in [-0.05, 0) is 24.3 Å². The Morgan fingerprint density at radius 3 is 2.36 bits per heavy atom. The van der Waals surface area contributed by atoms with Crippen molar-refractivity contribution >= 4 is 17.5 Å². The van der Waals surface area contributed by atoms with Gasteiger partial charge in [0.15, 0.2) is 5.69 Å². The van der Waals surface area contributed by atoms with Gasteiger partial charge in [0.1, 0.15) is 11.6 Å². The number of benzene rings is 1. The lowest BCUT2D eigenvalue weighted by molar-refractivity contribution is -0.141. The molecule has 136 valence electrons. The van der Waals surface area contributed by atoms with Gasteiger partial charge in [0, 0.05) is 18.3 Å². The van der Waals surface area contributed by atoms with Crippen LogP contribution in [0.15, 0.2) is 30.3 Å². The van der Waals surface area contributed by atoms with Crippen LogP contribution in [0.1, 0.15) is 5.69 Å². The van der Waals surface area contributed by atoms with Crippen LogP contribution in [0.5, 0.6) is 5.75 Å². The van der Waals surface area contributed by atoms with Gasteiger partial charge in [0.2, 0.25) is 5.95 Å². The first-order chi connectivity index (χ1) is 11.8. The molecule has 1 heterocycles. The SMILES string of the molecule is OCCNc1nc(Nc2ccc(OC(F)F)cc2)cc(C(F)(F)F)n1. The fraction of sp³-hybridized carbons (Fsp3) is 0.286. The molecule has 0 bridgehead atoms. The number of ether oxygens (including phenoxy) is 1. The topological polar surface area (TPSA) is 79.3 Å². The molecule has 1 aromatic carbocycles. The number of alkyl halides is 5. The summed E-state index contributed by atoms with van der Waals surface area (Å²) in [5.41, 5.74) is -0.871. The molecule has 25 heavy (non-hydrogen) atoms. The number of aliphatic hydroxyl groups excluding tert-OH is 1. The first kappa shape index (κ1) is 18.6. The van der Waals surface area contributed by atoms with Crippen LogP contribution in [-0.4, -0.2) is 34.8 Å². The zero-order chi connectivity index (χ0) is 18.4. The molecular weight excluding hydrogens is 351 g/mol. The Hall–Kier alpha value is -2.69. The number of rotatable bonds is 7. The second-order valence-electron chi connectivity index (χ2n) is 4.64. The third-order valence-electron chi connectivity index (χ3n) is 2.76. The predicted molar refractivity (Wildman–Crippen MR) is 79.0 cm³/mol. The molecular formula is C14H13F5N4O2. The molecule has 0 saturated carbocycles. The molecule has 0 saturated heterocycles. The molecule has 0 aliphatic rings. The molecule has 0 radical (unpaired) electrons. The van der Waals surface area contributed by atoms with Crippen molar-refractivity contribution < 1.29 is 31.8 Å². The minimum Gasteiger partial charge on any atom is -0.435 e. The molecule has 2 aromatic rings. The van der Waals surface area contributed by atoms with Crippen LogP contribution in [0.2, 0.25) is 0 Å². The predicted octanol–water partition coefficient (Wildman–Crippen LogP) is 3.24. The molecule has 0 spiro atoms. The summed E-state index contributed by atoms with van der Waals surface area (Å²) in [5.74, 6) is -0.571. The number of nitrogens with one attached hydrogen (secondary N) is 2. The Morgan fingerprint density at radius 1 is 1.12 bits per heavy atom. The maximum Gasteiger partial charge on any atom is 0.433 e. The molecule has 11 heteroatoms. The first-order valence-corrected chi connectivity index (χ1v) is 6.91. The largest absolute Gasteiger partial charge is 0.435 e. The van der Waals surface area contributed by atoms with E-state index in [0.29, 0.717) is 11.8 Å². The van der Waals surface area contributed by atoms with E-state index in [-0.39, 0.29) is 30.7 Å². The molecule has 0 amide bonds. The summed E-state index contributed by atoms with van der Waals surface area (Å²) in [5, 5.41) is 13.8. The number of anilines is 3. The summed E-state index contributed by atoms with van der Waals surface area (Å²) < 4.78 is 67.0. The molecule has 0 atom stereocenters. The molecule has 3 N–H and O–H groups in total. The monoisotopic (exact) mass is 364 g/mol. The van der Waals surface area contributed by atoms with Gasteiger partial charge in [-0.1, -0.05) is 0 Å². The van der Waals surface area contributed by atoms with Crippen LogP contribution in [0.4, 0.5) is 39.4 Å². The summed E-state index contributed by atoms with van der Waals surface area (Å²) in [6.45, 7) is -3.32. The van der Waals surface area contributed by atoms with Gasteiger partial charge in [0.25, 0.3) is 0 Å². The van der Waals surface area contributed by atoms with E-state index in [1.165, 1.54) is 24.3 Å². The fourth-order valence-corrected chi connectivity index (χ4v) is 1.77. The van der Waals surface area contributed by atoms with Crippen molar-refractivity contribution in [1.82, 2.24) is 9.97 Å². The summed E-state index contributed by atoms with van der Waals surface area (Å²) in [6, 6.07) is 5.84. The number of halogens is 5. The van der Waals surface area contributed by atoms with Crippen molar-refractivity contribution in [1.29, 1.82) is 0 Å². The third-order valence-corrected chi connectivity index (χ3v) is 2.76. The van der Waals surface area contributed by atoms with Crippen LogP contribution in [0.25, 0.3) is 0 Å². The van der Waals surface area contributed by atoms with Crippen molar-refractivity contribution in [2.75, 3.05) is 23.8 Å². The van der Waals surface area contributed by atoms with Crippen LogP contribution in [0.3, 0.4) is 0 Å². The standard InChI is InChI=1S/C14H13F5N4O2/c15-12(16)25-9-3-1-8(2-4-9)21-11-7-10(14(17,18)19)22-13(23-11)20-5-6-24/h1-4,7,12,24H,5-6H2,(H2,20,21,22,23).